The molecule has 1 aromatic carbocycles. The molecule has 1 saturated heterocycles. The molecule has 4 atom stereocenters. The number of carbonyl (C=O) groups is 2. The highest BCUT2D eigenvalue weighted by Crippen LogP contribution is 2.52. The maximum atomic E-state index is 12.5. The number of phenolic OH excluding ortho intramolecular Hbond substituents is 1. The number of hydrogen-bond donors (Lipinski definition) is 1. The average Bonchev–Trinajstić information content (AvgIpc) is 3.18. The number of rotatable bonds is 2. The van der Waals surface area contributed by atoms with Crippen LogP contribution in [-0.2, 0) is 9.59 Å². The summed E-state index contributed by atoms with van der Waals surface area (Å²) in [5, 5.41) is 14.8. The van der Waals surface area contributed by atoms with E-state index in [1.54, 1.807) is 12.1 Å². The molecule has 118 valence electrons. The maximum Gasteiger partial charge on any atom is 0.254 e. The largest absolute Gasteiger partial charge is 0.506 e. The number of hydrazone groups is 1. The molecular formula is C16H12Br2N2O3. The second-order valence-electron chi connectivity index (χ2n) is 6.07. The molecule has 1 aliphatic heterocycles. The van der Waals surface area contributed by atoms with E-state index >= 15 is 0 Å². The lowest BCUT2D eigenvalue weighted by molar-refractivity contribution is -0.140. The van der Waals surface area contributed by atoms with Crippen molar-refractivity contribution in [2.75, 3.05) is 0 Å². The van der Waals surface area contributed by atoms with Crippen LogP contribution in [0.1, 0.15) is 12.0 Å². The standard InChI is InChI=1S/C16H12Br2N2O3/c17-10-3-7(4-11(18)14(10)21)6-19-20-15(22)12-8-1-2-9(5-8)13(12)16(20)23/h1-4,6,8-9,12-13,21H,5H2/b19-6-/t8-,9-,12-,13-/m0/s1. The number of fused-ring (bicyclic) bond motifs is 5. The summed E-state index contributed by atoms with van der Waals surface area (Å²) in [6.07, 6.45) is 6.47. The van der Waals surface area contributed by atoms with Crippen LogP contribution in [0.4, 0.5) is 0 Å². The summed E-state index contributed by atoms with van der Waals surface area (Å²) in [7, 11) is 0. The smallest absolute Gasteiger partial charge is 0.254 e. The molecule has 2 aliphatic carbocycles. The quantitative estimate of drug-likeness (QED) is 0.437. The van der Waals surface area contributed by atoms with Gasteiger partial charge < -0.3 is 5.11 Å². The fraction of sp³-hybridized carbons (Fsp3) is 0.312. The summed E-state index contributed by atoms with van der Waals surface area (Å²) in [6, 6.07) is 3.33. The molecule has 0 aromatic heterocycles. The van der Waals surface area contributed by atoms with Crippen molar-refractivity contribution < 1.29 is 14.7 Å². The van der Waals surface area contributed by atoms with Gasteiger partial charge in [-0.15, -0.1) is 0 Å². The number of hydrogen-bond acceptors (Lipinski definition) is 4. The predicted molar refractivity (Wildman–Crippen MR) is 90.7 cm³/mol. The highest BCUT2D eigenvalue weighted by Gasteiger charge is 2.59. The SMILES string of the molecule is O=C1[C@@H]2[C@@H](C(=O)N1/N=C\c1cc(Br)c(O)c(Br)c1)[C@H]1C=C[C@H]2C1. The highest BCUT2D eigenvalue weighted by atomic mass is 79.9. The van der Waals surface area contributed by atoms with Gasteiger partial charge in [-0.3, -0.25) is 9.59 Å². The molecule has 1 N–H and O–H groups in total. The number of carbonyl (C=O) groups excluding carboxylic acids is 2. The van der Waals surface area contributed by atoms with Gasteiger partial charge in [0.25, 0.3) is 11.8 Å². The Kier molecular flexibility index (Phi) is 3.46. The molecule has 5 nitrogen and oxygen atoms in total. The van der Waals surface area contributed by atoms with Crippen LogP contribution < -0.4 is 0 Å². The zero-order valence-corrected chi connectivity index (χ0v) is 15.0. The summed E-state index contributed by atoms with van der Waals surface area (Å²) >= 11 is 6.48. The molecule has 1 heterocycles. The molecule has 7 heteroatoms. The van der Waals surface area contributed by atoms with Crippen molar-refractivity contribution in [3.05, 3.63) is 38.8 Å². The van der Waals surface area contributed by atoms with Gasteiger partial charge in [0.15, 0.2) is 0 Å². The maximum absolute atomic E-state index is 12.5. The number of benzene rings is 1. The molecule has 0 radical (unpaired) electrons. The Hall–Kier alpha value is -1.47. The number of nitrogens with zero attached hydrogens (tertiary/aromatic N) is 2. The van der Waals surface area contributed by atoms with E-state index in [2.05, 4.69) is 49.1 Å². The van der Waals surface area contributed by atoms with Gasteiger partial charge in [-0.25, -0.2) is 0 Å². The predicted octanol–water partition coefficient (Wildman–Crippen LogP) is 3.06. The minimum atomic E-state index is -0.243. The Morgan fingerprint density at radius 2 is 1.61 bits per heavy atom. The minimum absolute atomic E-state index is 0.0904. The molecule has 4 rings (SSSR count). The third-order valence-corrected chi connectivity index (χ3v) is 6.02. The van der Waals surface area contributed by atoms with Crippen molar-refractivity contribution in [2.45, 2.75) is 6.42 Å². The Bertz CT molecular complexity index is 737. The lowest BCUT2D eigenvalue weighted by Crippen LogP contribution is -2.28. The van der Waals surface area contributed by atoms with Crippen LogP contribution in [0, 0.1) is 23.7 Å². The van der Waals surface area contributed by atoms with E-state index in [1.807, 2.05) is 0 Å². The molecule has 2 amide bonds. The van der Waals surface area contributed by atoms with Gasteiger partial charge >= 0.3 is 0 Å². The van der Waals surface area contributed by atoms with Crippen LogP contribution in [0.5, 0.6) is 5.75 Å². The lowest BCUT2D eigenvalue weighted by Gasteiger charge is -2.13. The average molecular weight is 440 g/mol. The molecule has 2 bridgehead atoms. The Balaban J connectivity index is 1.60. The van der Waals surface area contributed by atoms with Crippen LogP contribution in [0.2, 0.25) is 0 Å². The van der Waals surface area contributed by atoms with E-state index in [1.165, 1.54) is 6.21 Å². The van der Waals surface area contributed by atoms with Crippen molar-refractivity contribution in [3.63, 3.8) is 0 Å². The van der Waals surface area contributed by atoms with Crippen LogP contribution in [0.15, 0.2) is 38.3 Å². The number of halogens is 2. The zero-order chi connectivity index (χ0) is 16.3. The number of amides is 2. The first-order valence-electron chi connectivity index (χ1n) is 7.25. The Morgan fingerprint density at radius 3 is 2.13 bits per heavy atom. The van der Waals surface area contributed by atoms with Gasteiger partial charge in [-0.1, -0.05) is 12.2 Å². The molecule has 1 saturated carbocycles. The van der Waals surface area contributed by atoms with Crippen molar-refractivity contribution in [1.82, 2.24) is 5.01 Å². The van der Waals surface area contributed by atoms with Gasteiger partial charge in [-0.2, -0.15) is 10.1 Å². The van der Waals surface area contributed by atoms with Gasteiger partial charge in [0, 0.05) is 0 Å². The van der Waals surface area contributed by atoms with Crippen LogP contribution >= 0.6 is 31.9 Å². The third-order valence-electron chi connectivity index (χ3n) is 4.81. The van der Waals surface area contributed by atoms with Gasteiger partial charge in [0.1, 0.15) is 5.75 Å². The fourth-order valence-corrected chi connectivity index (χ4v) is 5.01. The first kappa shape index (κ1) is 15.1. The van der Waals surface area contributed by atoms with Crippen molar-refractivity contribution in [2.24, 2.45) is 28.8 Å². The molecule has 0 spiro atoms. The van der Waals surface area contributed by atoms with Crippen LogP contribution in [0.25, 0.3) is 0 Å². The first-order chi connectivity index (χ1) is 11.0. The van der Waals surface area contributed by atoms with E-state index in [0.717, 1.165) is 11.4 Å². The number of aromatic hydroxyl groups is 1. The van der Waals surface area contributed by atoms with Crippen molar-refractivity contribution >= 4 is 49.9 Å². The first-order valence-corrected chi connectivity index (χ1v) is 8.84. The molecular weight excluding hydrogens is 428 g/mol. The summed E-state index contributed by atoms with van der Waals surface area (Å²) in [5.74, 6) is -0.444. The van der Waals surface area contributed by atoms with Crippen molar-refractivity contribution in [1.29, 1.82) is 0 Å². The van der Waals surface area contributed by atoms with Gasteiger partial charge in [0.05, 0.1) is 27.0 Å². The second kappa shape index (κ2) is 5.27. The number of phenols is 1. The van der Waals surface area contributed by atoms with E-state index in [9.17, 15) is 14.7 Å². The molecule has 2 fully saturated rings. The normalized spacial score (nSPS) is 31.7. The Morgan fingerprint density at radius 1 is 1.09 bits per heavy atom. The third kappa shape index (κ3) is 2.21. The topological polar surface area (TPSA) is 70.0 Å². The van der Waals surface area contributed by atoms with Crippen LogP contribution in [0.3, 0.4) is 0 Å². The number of imide groups is 1. The Labute approximate surface area is 149 Å². The summed E-state index contributed by atoms with van der Waals surface area (Å²) in [4.78, 5) is 25.0. The van der Waals surface area contributed by atoms with E-state index in [4.69, 9.17) is 0 Å². The molecule has 0 unspecified atom stereocenters. The van der Waals surface area contributed by atoms with E-state index in [-0.39, 0.29) is 41.2 Å². The molecule has 1 aromatic rings. The molecule has 3 aliphatic rings. The van der Waals surface area contributed by atoms with Crippen molar-refractivity contribution in [3.8, 4) is 5.75 Å². The monoisotopic (exact) mass is 438 g/mol. The van der Waals surface area contributed by atoms with Gasteiger partial charge in [0.2, 0.25) is 0 Å². The van der Waals surface area contributed by atoms with E-state index < -0.39 is 0 Å². The van der Waals surface area contributed by atoms with Crippen LogP contribution in [-0.4, -0.2) is 28.1 Å². The highest BCUT2D eigenvalue weighted by molar-refractivity contribution is 9.11. The summed E-state index contributed by atoms with van der Waals surface area (Å²) in [5.41, 5.74) is 0.667. The lowest BCUT2D eigenvalue weighted by atomic mass is 9.85. The zero-order valence-electron chi connectivity index (χ0n) is 11.8. The molecule has 23 heavy (non-hydrogen) atoms. The van der Waals surface area contributed by atoms with E-state index in [0.29, 0.717) is 14.5 Å². The summed E-state index contributed by atoms with van der Waals surface area (Å²) in [6.45, 7) is 0. The number of allylic oxidation sites excluding steroid dienone is 2. The summed E-state index contributed by atoms with van der Waals surface area (Å²) < 4.78 is 1.01. The minimum Gasteiger partial charge on any atom is -0.506 e. The van der Waals surface area contributed by atoms with Gasteiger partial charge in [-0.05, 0) is 67.8 Å². The fourth-order valence-electron chi connectivity index (χ4n) is 3.78. The second-order valence-corrected chi connectivity index (χ2v) is 7.77.